The van der Waals surface area contributed by atoms with Crippen LogP contribution in [-0.4, -0.2) is 28.8 Å². The second kappa shape index (κ2) is 8.15. The maximum absolute atomic E-state index is 10.0. The smallest absolute Gasteiger partial charge is 0.341 e. The first-order chi connectivity index (χ1) is 7.93. The first-order valence-corrected chi connectivity index (χ1v) is 5.06. The van der Waals surface area contributed by atoms with Crippen molar-refractivity contribution in [3.63, 3.8) is 0 Å². The molecule has 0 aliphatic rings. The van der Waals surface area contributed by atoms with Gasteiger partial charge in [-0.15, -0.1) is 0 Å². The molecule has 2 N–H and O–H groups in total. The number of aliphatic carboxylic acids is 2. The number of hydrogen-bond acceptors (Lipinski definition) is 3. The highest BCUT2D eigenvalue weighted by Crippen LogP contribution is 2.07. The molecular formula is C12H16O5. The quantitative estimate of drug-likeness (QED) is 0.839. The van der Waals surface area contributed by atoms with Crippen molar-refractivity contribution in [2.45, 2.75) is 13.8 Å². The second-order valence-electron chi connectivity index (χ2n) is 3.49. The first kappa shape index (κ1) is 15.0. The van der Waals surface area contributed by atoms with Gasteiger partial charge >= 0.3 is 11.9 Å². The van der Waals surface area contributed by atoms with Crippen molar-refractivity contribution >= 4 is 11.9 Å². The van der Waals surface area contributed by atoms with Gasteiger partial charge in [0, 0.05) is 0 Å². The lowest BCUT2D eigenvalue weighted by atomic mass is 10.2. The Morgan fingerprint density at radius 3 is 2.00 bits per heavy atom. The molecule has 0 saturated heterocycles. The van der Waals surface area contributed by atoms with E-state index in [1.165, 1.54) is 0 Å². The summed E-state index contributed by atoms with van der Waals surface area (Å²) < 4.78 is 4.87. The zero-order valence-electron chi connectivity index (χ0n) is 9.79. The molecule has 0 aliphatic heterocycles. The fourth-order valence-corrected chi connectivity index (χ4v) is 0.662. The lowest BCUT2D eigenvalue weighted by molar-refractivity contribution is -0.141. The number of benzene rings is 1. The van der Waals surface area contributed by atoms with Gasteiger partial charge in [0.05, 0.1) is 5.92 Å². The van der Waals surface area contributed by atoms with Gasteiger partial charge in [-0.25, -0.2) is 4.79 Å². The molecule has 1 rings (SSSR count). The van der Waals surface area contributed by atoms with Crippen molar-refractivity contribution in [1.29, 1.82) is 0 Å². The maximum Gasteiger partial charge on any atom is 0.341 e. The van der Waals surface area contributed by atoms with Crippen molar-refractivity contribution < 1.29 is 24.5 Å². The number of ether oxygens (including phenoxy) is 1. The summed E-state index contributed by atoms with van der Waals surface area (Å²) in [5.74, 6) is -1.36. The van der Waals surface area contributed by atoms with Gasteiger partial charge in [0.25, 0.3) is 0 Å². The molecule has 0 aromatic heterocycles. The van der Waals surface area contributed by atoms with E-state index < -0.39 is 11.9 Å². The van der Waals surface area contributed by atoms with Gasteiger partial charge in [-0.05, 0) is 12.1 Å². The van der Waals surface area contributed by atoms with Crippen LogP contribution in [-0.2, 0) is 9.59 Å². The summed E-state index contributed by atoms with van der Waals surface area (Å²) in [6.45, 7) is 2.99. The van der Waals surface area contributed by atoms with E-state index in [9.17, 15) is 9.59 Å². The Hall–Kier alpha value is -2.04. The third-order valence-electron chi connectivity index (χ3n) is 1.60. The van der Waals surface area contributed by atoms with E-state index in [2.05, 4.69) is 0 Å². The Morgan fingerprint density at radius 2 is 1.65 bits per heavy atom. The Balaban J connectivity index is 0.000000366. The summed E-state index contributed by atoms with van der Waals surface area (Å²) in [5.41, 5.74) is 0. The lowest BCUT2D eigenvalue weighted by Crippen LogP contribution is -2.09. The zero-order chi connectivity index (χ0) is 13.3. The summed E-state index contributed by atoms with van der Waals surface area (Å²) in [6, 6.07) is 8.84. The van der Waals surface area contributed by atoms with Crippen LogP contribution in [0, 0.1) is 5.92 Å². The molecule has 5 heteroatoms. The minimum absolute atomic E-state index is 0.231. The van der Waals surface area contributed by atoms with Crippen molar-refractivity contribution in [2.24, 2.45) is 5.92 Å². The normalized spacial score (nSPS) is 9.12. The summed E-state index contributed by atoms with van der Waals surface area (Å²) in [5, 5.41) is 16.2. The van der Waals surface area contributed by atoms with Crippen LogP contribution in [0.3, 0.4) is 0 Å². The summed E-state index contributed by atoms with van der Waals surface area (Å²) in [7, 11) is 0. The summed E-state index contributed by atoms with van der Waals surface area (Å²) in [4.78, 5) is 19.7. The van der Waals surface area contributed by atoms with Gasteiger partial charge in [-0.1, -0.05) is 32.0 Å². The molecule has 5 nitrogen and oxygen atoms in total. The molecule has 0 amide bonds. The highest BCUT2D eigenvalue weighted by Gasteiger charge is 1.99. The van der Waals surface area contributed by atoms with Gasteiger partial charge in [-0.2, -0.15) is 0 Å². The number of carboxylic acid groups (broad SMARTS) is 2. The van der Waals surface area contributed by atoms with Crippen molar-refractivity contribution in [3.05, 3.63) is 30.3 Å². The van der Waals surface area contributed by atoms with Crippen LogP contribution < -0.4 is 4.74 Å². The zero-order valence-corrected chi connectivity index (χ0v) is 9.79. The average Bonchev–Trinajstić information content (AvgIpc) is 2.28. The monoisotopic (exact) mass is 240 g/mol. The van der Waals surface area contributed by atoms with Crippen LogP contribution in [0.15, 0.2) is 30.3 Å². The minimum Gasteiger partial charge on any atom is -0.482 e. The predicted octanol–water partition coefficient (Wildman–Crippen LogP) is 1.88. The van der Waals surface area contributed by atoms with Crippen molar-refractivity contribution in [2.75, 3.05) is 6.61 Å². The van der Waals surface area contributed by atoms with Crippen LogP contribution in [0.25, 0.3) is 0 Å². The third-order valence-corrected chi connectivity index (χ3v) is 1.60. The van der Waals surface area contributed by atoms with Crippen LogP contribution in [0.5, 0.6) is 5.75 Å². The first-order valence-electron chi connectivity index (χ1n) is 5.06. The van der Waals surface area contributed by atoms with Gasteiger partial charge in [0.1, 0.15) is 5.75 Å². The van der Waals surface area contributed by atoms with Crippen LogP contribution in [0.4, 0.5) is 0 Å². The standard InChI is InChI=1S/C8H8O3.C4H8O2/c9-8(10)6-11-7-4-2-1-3-5-7;1-3(2)4(5)6/h1-5H,6H2,(H,9,10);3H,1-2H3,(H,5,6). The molecule has 0 saturated carbocycles. The topological polar surface area (TPSA) is 83.8 Å². The summed E-state index contributed by atoms with van der Waals surface area (Å²) in [6.07, 6.45) is 0. The Bertz CT molecular complexity index is 345. The Morgan fingerprint density at radius 1 is 1.18 bits per heavy atom. The third kappa shape index (κ3) is 8.92. The van der Waals surface area contributed by atoms with E-state index in [4.69, 9.17) is 14.9 Å². The molecule has 0 fully saturated rings. The number of hydrogen-bond donors (Lipinski definition) is 2. The molecule has 0 bridgehead atoms. The molecule has 1 aromatic rings. The van der Waals surface area contributed by atoms with E-state index in [0.29, 0.717) is 5.75 Å². The summed E-state index contributed by atoms with van der Waals surface area (Å²) >= 11 is 0. The fourth-order valence-electron chi connectivity index (χ4n) is 0.662. The highest BCUT2D eigenvalue weighted by atomic mass is 16.5. The fraction of sp³-hybridized carbons (Fsp3) is 0.333. The molecule has 0 aliphatic carbocycles. The van der Waals surface area contributed by atoms with E-state index in [0.717, 1.165) is 0 Å². The van der Waals surface area contributed by atoms with Crippen molar-refractivity contribution in [3.8, 4) is 5.75 Å². The predicted molar refractivity (Wildman–Crippen MR) is 62.0 cm³/mol. The molecule has 94 valence electrons. The largest absolute Gasteiger partial charge is 0.482 e. The van der Waals surface area contributed by atoms with Gasteiger partial charge < -0.3 is 14.9 Å². The maximum atomic E-state index is 10.0. The van der Waals surface area contributed by atoms with Gasteiger partial charge in [0.2, 0.25) is 0 Å². The SMILES string of the molecule is CC(C)C(=O)O.O=C(O)COc1ccccc1. The van der Waals surface area contributed by atoms with Gasteiger partial charge in [-0.3, -0.25) is 4.79 Å². The highest BCUT2D eigenvalue weighted by molar-refractivity contribution is 5.69. The number of rotatable bonds is 4. The second-order valence-corrected chi connectivity index (χ2v) is 3.49. The number of carbonyl (C=O) groups is 2. The van der Waals surface area contributed by atoms with Crippen LogP contribution in [0.1, 0.15) is 13.8 Å². The van der Waals surface area contributed by atoms with Crippen LogP contribution >= 0.6 is 0 Å². The van der Waals surface area contributed by atoms with Crippen molar-refractivity contribution in [1.82, 2.24) is 0 Å². The van der Waals surface area contributed by atoms with Crippen LogP contribution in [0.2, 0.25) is 0 Å². The van der Waals surface area contributed by atoms with E-state index >= 15 is 0 Å². The molecule has 0 unspecified atom stereocenters. The number of carboxylic acids is 2. The molecule has 0 heterocycles. The lowest BCUT2D eigenvalue weighted by Gasteiger charge is -2.00. The molecule has 0 radical (unpaired) electrons. The van der Waals surface area contributed by atoms with E-state index in [1.807, 2.05) is 6.07 Å². The molecule has 1 aromatic carbocycles. The van der Waals surface area contributed by atoms with Gasteiger partial charge in [0.15, 0.2) is 6.61 Å². The molecule has 0 spiro atoms. The van der Waals surface area contributed by atoms with E-state index in [-0.39, 0.29) is 12.5 Å². The molecule has 17 heavy (non-hydrogen) atoms. The minimum atomic E-state index is -0.964. The van der Waals surface area contributed by atoms with E-state index in [1.54, 1.807) is 38.1 Å². The molecular weight excluding hydrogens is 224 g/mol. The average molecular weight is 240 g/mol. The molecule has 0 atom stereocenters. The Labute approximate surface area is 99.7 Å². The Kier molecular flexibility index (Phi) is 7.17. The number of para-hydroxylation sites is 1.